The van der Waals surface area contributed by atoms with E-state index < -0.39 is 11.4 Å². The monoisotopic (exact) mass is 355 g/mol. The lowest BCUT2D eigenvalue weighted by atomic mass is 9.85. The predicted octanol–water partition coefficient (Wildman–Crippen LogP) is 5.03. The topological polar surface area (TPSA) is 26.0 Å². The zero-order valence-electron chi connectivity index (χ0n) is 11.4. The van der Waals surface area contributed by atoms with Gasteiger partial charge in [-0.2, -0.15) is 0 Å². The lowest BCUT2D eigenvalue weighted by Gasteiger charge is -2.27. The fourth-order valence-electron chi connectivity index (χ4n) is 2.17. The number of hydrogen-bond donors (Lipinski definition) is 1. The summed E-state index contributed by atoms with van der Waals surface area (Å²) in [6.45, 7) is 3.88. The summed E-state index contributed by atoms with van der Waals surface area (Å²) in [6.07, 6.45) is 0.958. The van der Waals surface area contributed by atoms with E-state index in [-0.39, 0.29) is 5.02 Å². The van der Waals surface area contributed by atoms with Crippen molar-refractivity contribution in [3.05, 3.63) is 68.4 Å². The Morgan fingerprint density at radius 2 is 1.80 bits per heavy atom. The van der Waals surface area contributed by atoms with Crippen molar-refractivity contribution in [3.8, 4) is 0 Å². The van der Waals surface area contributed by atoms with E-state index in [1.165, 1.54) is 5.56 Å². The second-order valence-electron chi connectivity index (χ2n) is 4.98. The zero-order chi connectivity index (χ0) is 14.9. The van der Waals surface area contributed by atoms with Gasteiger partial charge in [-0.15, -0.1) is 0 Å². The maximum absolute atomic E-state index is 14.3. The Kier molecular flexibility index (Phi) is 4.52. The quantitative estimate of drug-likeness (QED) is 0.767. The van der Waals surface area contributed by atoms with E-state index in [0.717, 1.165) is 12.0 Å². The fourth-order valence-corrected chi connectivity index (χ4v) is 2.64. The molecule has 0 aliphatic carbocycles. The number of hydrogen-bond acceptors (Lipinski definition) is 1. The van der Waals surface area contributed by atoms with Crippen molar-refractivity contribution < 1.29 is 4.39 Å². The normalized spacial score (nSPS) is 14.1. The van der Waals surface area contributed by atoms with E-state index in [1.807, 2.05) is 24.3 Å². The van der Waals surface area contributed by atoms with Crippen LogP contribution < -0.4 is 5.73 Å². The Morgan fingerprint density at radius 1 is 1.20 bits per heavy atom. The minimum absolute atomic E-state index is 0.0596. The van der Waals surface area contributed by atoms with Gasteiger partial charge in [-0.3, -0.25) is 0 Å². The highest BCUT2D eigenvalue weighted by molar-refractivity contribution is 9.10. The first-order valence-corrected chi connectivity index (χ1v) is 7.57. The van der Waals surface area contributed by atoms with Crippen LogP contribution in [-0.2, 0) is 12.0 Å². The van der Waals surface area contributed by atoms with Gasteiger partial charge in [0.1, 0.15) is 5.82 Å². The molecular weight excluding hydrogens is 341 g/mol. The summed E-state index contributed by atoms with van der Waals surface area (Å²) in [5.41, 5.74) is 7.89. The summed E-state index contributed by atoms with van der Waals surface area (Å²) in [5, 5.41) is 0.0596. The Morgan fingerprint density at radius 3 is 2.35 bits per heavy atom. The van der Waals surface area contributed by atoms with Gasteiger partial charge in [0.2, 0.25) is 0 Å². The standard InChI is InChI=1S/C16H16BrClFN/c1-3-10-4-6-11(7-5-10)16(2,20)12-8-9-13(17)14(18)15(12)19/h4-9H,3,20H2,1-2H3. The third kappa shape index (κ3) is 2.76. The van der Waals surface area contributed by atoms with Gasteiger partial charge in [-0.1, -0.05) is 48.9 Å². The Bertz CT molecular complexity index is 623. The molecule has 2 aromatic rings. The van der Waals surface area contributed by atoms with Crippen LogP contribution in [0.4, 0.5) is 4.39 Å². The molecule has 1 unspecified atom stereocenters. The number of nitrogens with two attached hydrogens (primary N) is 1. The average molecular weight is 357 g/mol. The van der Waals surface area contributed by atoms with Crippen LogP contribution in [0.1, 0.15) is 30.5 Å². The molecule has 0 aromatic heterocycles. The molecule has 0 heterocycles. The van der Waals surface area contributed by atoms with Crippen molar-refractivity contribution in [1.82, 2.24) is 0 Å². The largest absolute Gasteiger partial charge is 0.318 e. The van der Waals surface area contributed by atoms with Crippen LogP contribution >= 0.6 is 27.5 Å². The molecule has 2 rings (SSSR count). The molecule has 2 N–H and O–H groups in total. The number of benzene rings is 2. The third-order valence-electron chi connectivity index (χ3n) is 3.56. The molecule has 1 nitrogen and oxygen atoms in total. The SMILES string of the molecule is CCc1ccc(C(C)(N)c2ccc(Br)c(Cl)c2F)cc1. The minimum Gasteiger partial charge on any atom is -0.318 e. The Hall–Kier alpha value is -0.900. The highest BCUT2D eigenvalue weighted by atomic mass is 79.9. The highest BCUT2D eigenvalue weighted by Gasteiger charge is 2.28. The summed E-state index contributed by atoms with van der Waals surface area (Å²) >= 11 is 9.16. The van der Waals surface area contributed by atoms with Crippen LogP contribution in [0.15, 0.2) is 40.9 Å². The summed E-state index contributed by atoms with van der Waals surface area (Å²) in [7, 11) is 0. The lowest BCUT2D eigenvalue weighted by Crippen LogP contribution is -2.35. The highest BCUT2D eigenvalue weighted by Crippen LogP contribution is 2.35. The van der Waals surface area contributed by atoms with E-state index in [4.69, 9.17) is 17.3 Å². The minimum atomic E-state index is -0.930. The van der Waals surface area contributed by atoms with Gasteiger partial charge in [-0.25, -0.2) is 4.39 Å². The fraction of sp³-hybridized carbons (Fsp3) is 0.250. The van der Waals surface area contributed by atoms with Gasteiger partial charge in [0.25, 0.3) is 0 Å². The molecule has 0 saturated heterocycles. The first-order chi connectivity index (χ1) is 9.37. The number of rotatable bonds is 3. The van der Waals surface area contributed by atoms with Crippen molar-refractivity contribution in [2.75, 3.05) is 0 Å². The van der Waals surface area contributed by atoms with Gasteiger partial charge in [-0.05, 0) is 46.5 Å². The summed E-state index contributed by atoms with van der Waals surface area (Å²) < 4.78 is 14.9. The maximum atomic E-state index is 14.3. The molecular formula is C16H16BrClFN. The molecule has 4 heteroatoms. The van der Waals surface area contributed by atoms with Crippen LogP contribution in [-0.4, -0.2) is 0 Å². The second-order valence-corrected chi connectivity index (χ2v) is 6.21. The van der Waals surface area contributed by atoms with E-state index in [2.05, 4.69) is 22.9 Å². The van der Waals surface area contributed by atoms with Crippen molar-refractivity contribution in [2.45, 2.75) is 25.8 Å². The van der Waals surface area contributed by atoms with Crippen LogP contribution in [0.5, 0.6) is 0 Å². The van der Waals surface area contributed by atoms with E-state index >= 15 is 0 Å². The van der Waals surface area contributed by atoms with Crippen molar-refractivity contribution in [1.29, 1.82) is 0 Å². The van der Waals surface area contributed by atoms with E-state index in [0.29, 0.717) is 10.0 Å². The molecule has 1 atom stereocenters. The van der Waals surface area contributed by atoms with Gasteiger partial charge < -0.3 is 5.73 Å². The molecule has 0 aliphatic rings. The number of aryl methyl sites for hydroxylation is 1. The van der Waals surface area contributed by atoms with Gasteiger partial charge >= 0.3 is 0 Å². The smallest absolute Gasteiger partial charge is 0.148 e. The van der Waals surface area contributed by atoms with Crippen molar-refractivity contribution >= 4 is 27.5 Å². The first-order valence-electron chi connectivity index (χ1n) is 6.40. The van der Waals surface area contributed by atoms with Crippen LogP contribution in [0, 0.1) is 5.82 Å². The van der Waals surface area contributed by atoms with Crippen molar-refractivity contribution in [2.24, 2.45) is 5.73 Å². The van der Waals surface area contributed by atoms with Crippen LogP contribution in [0.25, 0.3) is 0 Å². The first kappa shape index (κ1) is 15.5. The molecule has 106 valence electrons. The summed E-state index contributed by atoms with van der Waals surface area (Å²) in [4.78, 5) is 0. The molecule has 0 saturated carbocycles. The summed E-state index contributed by atoms with van der Waals surface area (Å²) in [5.74, 6) is -0.481. The second kappa shape index (κ2) is 5.84. The molecule has 0 amide bonds. The van der Waals surface area contributed by atoms with Crippen LogP contribution in [0.2, 0.25) is 5.02 Å². The van der Waals surface area contributed by atoms with Crippen molar-refractivity contribution in [3.63, 3.8) is 0 Å². The average Bonchev–Trinajstić information content (AvgIpc) is 2.44. The molecule has 0 fully saturated rings. The van der Waals surface area contributed by atoms with Crippen LogP contribution in [0.3, 0.4) is 0 Å². The van der Waals surface area contributed by atoms with Gasteiger partial charge in [0.05, 0.1) is 10.6 Å². The zero-order valence-corrected chi connectivity index (χ0v) is 13.7. The van der Waals surface area contributed by atoms with Gasteiger partial charge in [0.15, 0.2) is 0 Å². The third-order valence-corrected chi connectivity index (χ3v) is 4.82. The Labute approximate surface area is 132 Å². The van der Waals surface area contributed by atoms with E-state index in [1.54, 1.807) is 19.1 Å². The van der Waals surface area contributed by atoms with Gasteiger partial charge in [0, 0.05) is 10.0 Å². The molecule has 0 bridgehead atoms. The molecule has 0 spiro atoms. The molecule has 20 heavy (non-hydrogen) atoms. The molecule has 2 aromatic carbocycles. The number of halogens is 3. The van der Waals surface area contributed by atoms with E-state index in [9.17, 15) is 4.39 Å². The Balaban J connectivity index is 2.51. The lowest BCUT2D eigenvalue weighted by molar-refractivity contribution is 0.530. The molecule has 0 radical (unpaired) electrons. The molecule has 0 aliphatic heterocycles. The maximum Gasteiger partial charge on any atom is 0.148 e. The summed E-state index contributed by atoms with van der Waals surface area (Å²) in [6, 6.07) is 11.3. The predicted molar refractivity (Wildman–Crippen MR) is 85.6 cm³/mol.